The third-order valence-corrected chi connectivity index (χ3v) is 11.1. The molecule has 0 saturated heterocycles. The molecule has 0 bridgehead atoms. The van der Waals surface area contributed by atoms with Crippen LogP contribution in [0.5, 0.6) is 11.5 Å². The smallest absolute Gasteiger partial charge is 0.338 e. The third-order valence-electron chi connectivity index (χ3n) is 11.1. The molecular formula is C58H44N2O4. The molecular weight excluding hydrogens is 789 g/mol. The van der Waals surface area contributed by atoms with Gasteiger partial charge in [0.15, 0.2) is 0 Å². The van der Waals surface area contributed by atoms with Crippen molar-refractivity contribution in [1.29, 1.82) is 0 Å². The van der Waals surface area contributed by atoms with Gasteiger partial charge < -0.3 is 19.3 Å². The molecule has 0 aliphatic heterocycles. The minimum absolute atomic E-state index is 0.356. The number of para-hydroxylation sites is 2. The van der Waals surface area contributed by atoms with Crippen LogP contribution in [-0.2, 0) is 9.59 Å². The number of carbonyl (C=O) groups excluding carboxylic acids is 2. The molecule has 0 amide bonds. The first-order valence-electron chi connectivity index (χ1n) is 21.0. The fraction of sp³-hybridized carbons (Fsp3) is 0.0345. The third kappa shape index (κ3) is 8.80. The molecule has 9 aromatic rings. The number of fused-ring (bicyclic) bond motifs is 2. The first kappa shape index (κ1) is 40.9. The average molecular weight is 833 g/mol. The molecule has 9 rings (SSSR count). The van der Waals surface area contributed by atoms with Crippen LogP contribution >= 0.6 is 0 Å². The average Bonchev–Trinajstić information content (AvgIpc) is 3.33. The molecule has 0 heterocycles. The second-order valence-corrected chi connectivity index (χ2v) is 15.7. The summed E-state index contributed by atoms with van der Waals surface area (Å²) in [6.45, 7) is 10.6. The standard InChI is InChI=1S/C58H44N2O4/c1-39(2)57(61)63-55-33-25-45-35-53(31-23-47(45)37-55)59(49-11-7-5-8-12-49)51-27-19-43(20-28-51)41-15-17-42(18-16-41)44-21-29-52(30-22-44)60(50-13-9-6-10-14-50)54-32-24-48-38-56(34-26-46(48)36-54)64-58(62)40(3)4/h5-38H,1,3H2,2,4H3. The van der Waals surface area contributed by atoms with Crippen molar-refractivity contribution >= 4 is 67.6 Å². The summed E-state index contributed by atoms with van der Waals surface area (Å²) < 4.78 is 11.0. The lowest BCUT2D eigenvalue weighted by Crippen LogP contribution is -2.10. The Bertz CT molecular complexity index is 2960. The molecule has 0 saturated carbocycles. The van der Waals surface area contributed by atoms with Gasteiger partial charge >= 0.3 is 11.9 Å². The minimum atomic E-state index is -0.439. The van der Waals surface area contributed by atoms with E-state index in [9.17, 15) is 9.59 Å². The number of esters is 2. The van der Waals surface area contributed by atoms with Gasteiger partial charge in [0.05, 0.1) is 0 Å². The first-order chi connectivity index (χ1) is 31.2. The van der Waals surface area contributed by atoms with Gasteiger partial charge in [-0.25, -0.2) is 9.59 Å². The summed E-state index contributed by atoms with van der Waals surface area (Å²) in [7, 11) is 0. The number of ether oxygens (including phenoxy) is 2. The summed E-state index contributed by atoms with van der Waals surface area (Å²) in [5.41, 5.74) is 11.4. The van der Waals surface area contributed by atoms with Gasteiger partial charge in [-0.1, -0.05) is 122 Å². The second kappa shape index (κ2) is 17.9. The van der Waals surface area contributed by atoms with Crippen LogP contribution < -0.4 is 19.3 Å². The largest absolute Gasteiger partial charge is 0.423 e. The van der Waals surface area contributed by atoms with Crippen molar-refractivity contribution in [3.63, 3.8) is 0 Å². The number of nitrogens with zero attached hydrogens (tertiary/aromatic N) is 2. The number of anilines is 6. The molecule has 0 aliphatic carbocycles. The zero-order valence-corrected chi connectivity index (χ0v) is 35.6. The fourth-order valence-electron chi connectivity index (χ4n) is 7.73. The lowest BCUT2D eigenvalue weighted by atomic mass is 9.99. The lowest BCUT2D eigenvalue weighted by Gasteiger charge is -2.26. The number of hydrogen-bond donors (Lipinski definition) is 0. The van der Waals surface area contributed by atoms with Crippen LogP contribution in [0.3, 0.4) is 0 Å². The summed E-state index contributed by atoms with van der Waals surface area (Å²) in [5, 5.41) is 3.99. The van der Waals surface area contributed by atoms with Crippen molar-refractivity contribution in [2.24, 2.45) is 0 Å². The maximum Gasteiger partial charge on any atom is 0.338 e. The van der Waals surface area contributed by atoms with E-state index in [4.69, 9.17) is 9.47 Å². The lowest BCUT2D eigenvalue weighted by molar-refractivity contribution is -0.130. The van der Waals surface area contributed by atoms with E-state index in [1.165, 1.54) is 0 Å². The van der Waals surface area contributed by atoms with Gasteiger partial charge in [0.25, 0.3) is 0 Å². The molecule has 0 spiro atoms. The second-order valence-electron chi connectivity index (χ2n) is 15.7. The Kier molecular flexibility index (Phi) is 11.4. The topological polar surface area (TPSA) is 59.1 Å². The van der Waals surface area contributed by atoms with E-state index in [2.05, 4.69) is 156 Å². The van der Waals surface area contributed by atoms with E-state index < -0.39 is 11.9 Å². The van der Waals surface area contributed by atoms with E-state index >= 15 is 0 Å². The van der Waals surface area contributed by atoms with Crippen LogP contribution in [0.4, 0.5) is 34.1 Å². The zero-order chi connectivity index (χ0) is 44.2. The zero-order valence-electron chi connectivity index (χ0n) is 35.6. The highest BCUT2D eigenvalue weighted by atomic mass is 16.5. The van der Waals surface area contributed by atoms with Crippen LogP contribution in [-0.4, -0.2) is 11.9 Å². The maximum absolute atomic E-state index is 12.1. The van der Waals surface area contributed by atoms with Crippen LogP contribution in [0, 0.1) is 0 Å². The molecule has 0 N–H and O–H groups in total. The monoisotopic (exact) mass is 832 g/mol. The van der Waals surface area contributed by atoms with Crippen LogP contribution in [0.2, 0.25) is 0 Å². The van der Waals surface area contributed by atoms with E-state index in [0.29, 0.717) is 22.6 Å². The van der Waals surface area contributed by atoms with Gasteiger partial charge in [-0.2, -0.15) is 0 Å². The van der Waals surface area contributed by atoms with Crippen LogP contribution in [0.15, 0.2) is 231 Å². The van der Waals surface area contributed by atoms with E-state index in [1.807, 2.05) is 72.8 Å². The molecule has 0 radical (unpaired) electrons. The molecule has 64 heavy (non-hydrogen) atoms. The quantitative estimate of drug-likeness (QED) is 0.0694. The predicted molar refractivity (Wildman–Crippen MR) is 263 cm³/mol. The van der Waals surface area contributed by atoms with Crippen molar-refractivity contribution in [1.82, 2.24) is 0 Å². The fourth-order valence-corrected chi connectivity index (χ4v) is 7.73. The summed E-state index contributed by atoms with van der Waals surface area (Å²) in [4.78, 5) is 28.7. The Morgan fingerprint density at radius 3 is 0.969 bits per heavy atom. The highest BCUT2D eigenvalue weighted by Crippen LogP contribution is 2.40. The Labute approximate surface area is 373 Å². The molecule has 0 aliphatic rings. The summed E-state index contributed by atoms with van der Waals surface area (Å²) in [6.07, 6.45) is 0. The van der Waals surface area contributed by atoms with Gasteiger partial charge in [-0.3, -0.25) is 0 Å². The molecule has 0 unspecified atom stereocenters. The molecule has 310 valence electrons. The summed E-state index contributed by atoms with van der Waals surface area (Å²) in [6, 6.07) is 70.6. The van der Waals surface area contributed by atoms with Gasteiger partial charge in [-0.05, 0) is 155 Å². The minimum Gasteiger partial charge on any atom is -0.423 e. The van der Waals surface area contributed by atoms with Gasteiger partial charge in [0, 0.05) is 45.3 Å². The van der Waals surface area contributed by atoms with Gasteiger partial charge in [0.2, 0.25) is 0 Å². The number of carbonyl (C=O) groups is 2. The van der Waals surface area contributed by atoms with Crippen molar-refractivity contribution in [3.05, 3.63) is 231 Å². The van der Waals surface area contributed by atoms with Crippen molar-refractivity contribution in [2.75, 3.05) is 9.80 Å². The van der Waals surface area contributed by atoms with Gasteiger partial charge in [-0.15, -0.1) is 0 Å². The Hall–Kier alpha value is -8.48. The van der Waals surface area contributed by atoms with E-state index in [-0.39, 0.29) is 0 Å². The van der Waals surface area contributed by atoms with Crippen LogP contribution in [0.25, 0.3) is 43.8 Å². The number of hydrogen-bond acceptors (Lipinski definition) is 6. The number of benzene rings is 9. The Morgan fingerprint density at radius 1 is 0.344 bits per heavy atom. The van der Waals surface area contributed by atoms with Crippen LogP contribution in [0.1, 0.15) is 13.8 Å². The summed E-state index contributed by atoms with van der Waals surface area (Å²) in [5.74, 6) is 0.0966. The maximum atomic E-state index is 12.1. The normalized spacial score (nSPS) is 10.9. The van der Waals surface area contributed by atoms with Crippen molar-refractivity contribution < 1.29 is 19.1 Å². The molecule has 0 atom stereocenters. The molecule has 6 nitrogen and oxygen atoms in total. The highest BCUT2D eigenvalue weighted by Gasteiger charge is 2.16. The van der Waals surface area contributed by atoms with Crippen molar-refractivity contribution in [2.45, 2.75) is 13.8 Å². The first-order valence-corrected chi connectivity index (χ1v) is 21.0. The van der Waals surface area contributed by atoms with E-state index in [0.717, 1.165) is 77.9 Å². The molecule has 0 fully saturated rings. The Balaban J connectivity index is 0.945. The number of rotatable bonds is 12. The SMILES string of the molecule is C=C(C)C(=O)Oc1ccc2cc(N(c3ccccc3)c3ccc(-c4ccc(-c5ccc(N(c6ccccc6)c6ccc7cc(OC(=O)C(=C)C)ccc7c6)cc5)cc4)cc3)ccc2c1. The predicted octanol–water partition coefficient (Wildman–Crippen LogP) is 15.2. The van der Waals surface area contributed by atoms with E-state index in [1.54, 1.807) is 13.8 Å². The molecule has 0 aromatic heterocycles. The Morgan fingerprint density at radius 2 is 0.625 bits per heavy atom. The molecule has 6 heteroatoms. The molecule has 9 aromatic carbocycles. The highest BCUT2D eigenvalue weighted by molar-refractivity contribution is 5.94. The summed E-state index contributed by atoms with van der Waals surface area (Å²) >= 11 is 0. The van der Waals surface area contributed by atoms with Crippen molar-refractivity contribution in [3.8, 4) is 33.8 Å². The van der Waals surface area contributed by atoms with Gasteiger partial charge in [0.1, 0.15) is 11.5 Å².